The summed E-state index contributed by atoms with van der Waals surface area (Å²) in [6, 6.07) is 3.67. The van der Waals surface area contributed by atoms with E-state index < -0.39 is 27.5 Å². The molecule has 0 fully saturated rings. The topological polar surface area (TPSA) is 107 Å². The quantitative estimate of drug-likeness (QED) is 0.374. The van der Waals surface area contributed by atoms with E-state index in [2.05, 4.69) is 4.74 Å². The highest BCUT2D eigenvalue weighted by Gasteiger charge is 2.31. The Labute approximate surface area is 148 Å². The zero-order valence-corrected chi connectivity index (χ0v) is 15.7. The Kier molecular flexibility index (Phi) is 7.50. The average Bonchev–Trinajstić information content (AvgIpc) is 2.58. The van der Waals surface area contributed by atoms with Gasteiger partial charge in [0.05, 0.1) is 16.9 Å². The summed E-state index contributed by atoms with van der Waals surface area (Å²) in [6.45, 7) is 5.15. The SMILES string of the molecule is CCC(CC)CN(CC(=O)OC)S(=O)(=O)c1cc([N+](=O)[O-])ccc1C. The number of non-ortho nitro benzene ring substituents is 1. The maximum absolute atomic E-state index is 13.0. The van der Waals surface area contributed by atoms with Crippen LogP contribution in [-0.4, -0.2) is 43.8 Å². The van der Waals surface area contributed by atoms with Crippen LogP contribution in [0.15, 0.2) is 23.1 Å². The first-order valence-corrected chi connectivity index (χ1v) is 9.43. The number of hydrogen-bond donors (Lipinski definition) is 0. The van der Waals surface area contributed by atoms with Crippen molar-refractivity contribution in [3.63, 3.8) is 0 Å². The van der Waals surface area contributed by atoms with E-state index in [-0.39, 0.29) is 23.0 Å². The molecule has 0 N–H and O–H groups in total. The number of aryl methyl sites for hydroxylation is 1. The van der Waals surface area contributed by atoms with Crippen LogP contribution in [-0.2, 0) is 19.6 Å². The van der Waals surface area contributed by atoms with E-state index in [0.29, 0.717) is 5.56 Å². The maximum atomic E-state index is 13.0. The van der Waals surface area contributed by atoms with Crippen LogP contribution in [0, 0.1) is 23.0 Å². The van der Waals surface area contributed by atoms with Crippen molar-refractivity contribution >= 4 is 21.7 Å². The summed E-state index contributed by atoms with van der Waals surface area (Å²) in [5.74, 6) is -0.615. The molecule has 0 radical (unpaired) electrons. The molecule has 1 aromatic rings. The van der Waals surface area contributed by atoms with Gasteiger partial charge in [-0.05, 0) is 18.4 Å². The molecule has 0 bridgehead atoms. The minimum Gasteiger partial charge on any atom is -0.468 e. The molecule has 0 saturated carbocycles. The highest BCUT2D eigenvalue weighted by molar-refractivity contribution is 7.89. The molecule has 140 valence electrons. The molecule has 0 aliphatic carbocycles. The molecule has 1 aromatic carbocycles. The summed E-state index contributed by atoms with van der Waals surface area (Å²) in [5, 5.41) is 11.0. The summed E-state index contributed by atoms with van der Waals surface area (Å²) in [5.41, 5.74) is 0.0646. The molecule has 1 rings (SSSR count). The van der Waals surface area contributed by atoms with Crippen LogP contribution in [0.1, 0.15) is 32.3 Å². The second-order valence-corrected chi connectivity index (χ2v) is 7.67. The molecule has 0 aromatic heterocycles. The van der Waals surface area contributed by atoms with E-state index in [0.717, 1.165) is 23.2 Å². The monoisotopic (exact) mass is 372 g/mol. The van der Waals surface area contributed by atoms with Crippen molar-refractivity contribution < 1.29 is 22.9 Å². The second-order valence-electron chi connectivity index (χ2n) is 5.76. The average molecular weight is 372 g/mol. The Morgan fingerprint density at radius 1 is 1.32 bits per heavy atom. The van der Waals surface area contributed by atoms with E-state index >= 15 is 0 Å². The van der Waals surface area contributed by atoms with Crippen LogP contribution in [0.5, 0.6) is 0 Å². The highest BCUT2D eigenvalue weighted by atomic mass is 32.2. The first-order chi connectivity index (χ1) is 11.7. The smallest absolute Gasteiger partial charge is 0.321 e. The number of nitrogens with zero attached hydrogens (tertiary/aromatic N) is 2. The second kappa shape index (κ2) is 8.91. The molecule has 0 atom stereocenters. The number of rotatable bonds is 9. The maximum Gasteiger partial charge on any atom is 0.321 e. The lowest BCUT2D eigenvalue weighted by Gasteiger charge is -2.25. The number of nitro groups is 1. The standard InChI is InChI=1S/C16H24N2O6S/c1-5-13(6-2)10-17(11-16(19)24-4)25(22,23)15-9-14(18(20)21)8-7-12(15)3/h7-9,13H,5-6,10-11H2,1-4H3. The fourth-order valence-corrected chi connectivity index (χ4v) is 4.12. The van der Waals surface area contributed by atoms with Gasteiger partial charge in [0.25, 0.3) is 5.69 Å². The van der Waals surface area contributed by atoms with Crippen molar-refractivity contribution in [1.82, 2.24) is 4.31 Å². The van der Waals surface area contributed by atoms with Gasteiger partial charge in [0.2, 0.25) is 10.0 Å². The van der Waals surface area contributed by atoms with Crippen LogP contribution in [0.3, 0.4) is 0 Å². The van der Waals surface area contributed by atoms with Gasteiger partial charge in [-0.25, -0.2) is 8.42 Å². The van der Waals surface area contributed by atoms with Gasteiger partial charge < -0.3 is 4.74 Å². The first kappa shape index (κ1) is 21.0. The number of carbonyl (C=O) groups is 1. The molecule has 0 saturated heterocycles. The number of methoxy groups -OCH3 is 1. The van der Waals surface area contributed by atoms with E-state index in [9.17, 15) is 23.3 Å². The molecular formula is C16H24N2O6S. The summed E-state index contributed by atoms with van der Waals surface area (Å²) in [6.07, 6.45) is 1.50. The zero-order valence-electron chi connectivity index (χ0n) is 14.9. The van der Waals surface area contributed by atoms with Crippen molar-refractivity contribution in [2.75, 3.05) is 20.2 Å². The van der Waals surface area contributed by atoms with E-state index in [1.807, 2.05) is 13.8 Å². The molecule has 0 amide bonds. The minimum atomic E-state index is -4.08. The number of esters is 1. The first-order valence-electron chi connectivity index (χ1n) is 7.99. The normalized spacial score (nSPS) is 11.8. The van der Waals surface area contributed by atoms with Gasteiger partial charge in [-0.1, -0.05) is 32.8 Å². The Hall–Kier alpha value is -2.00. The summed E-state index contributed by atoms with van der Waals surface area (Å²) in [7, 11) is -2.90. The molecule has 9 heteroatoms. The number of nitro benzene ring substituents is 1. The molecular weight excluding hydrogens is 348 g/mol. The number of ether oxygens (including phenoxy) is 1. The largest absolute Gasteiger partial charge is 0.468 e. The molecule has 0 aliphatic rings. The number of carbonyl (C=O) groups excluding carboxylic acids is 1. The molecule has 0 aliphatic heterocycles. The number of sulfonamides is 1. The molecule has 8 nitrogen and oxygen atoms in total. The van der Waals surface area contributed by atoms with Crippen molar-refractivity contribution in [2.24, 2.45) is 5.92 Å². The fourth-order valence-electron chi connectivity index (χ4n) is 2.41. The van der Waals surface area contributed by atoms with Gasteiger partial charge in [0, 0.05) is 18.7 Å². The third kappa shape index (κ3) is 5.23. The van der Waals surface area contributed by atoms with Gasteiger partial charge in [-0.15, -0.1) is 0 Å². The van der Waals surface area contributed by atoms with Crippen molar-refractivity contribution in [3.05, 3.63) is 33.9 Å². The van der Waals surface area contributed by atoms with Crippen LogP contribution in [0.4, 0.5) is 5.69 Å². The van der Waals surface area contributed by atoms with Gasteiger partial charge in [0.15, 0.2) is 0 Å². The minimum absolute atomic E-state index is 0.0680. The third-order valence-corrected chi connectivity index (χ3v) is 6.10. The van der Waals surface area contributed by atoms with Crippen LogP contribution in [0.2, 0.25) is 0 Å². The Bertz CT molecular complexity index is 728. The Morgan fingerprint density at radius 3 is 2.40 bits per heavy atom. The lowest BCUT2D eigenvalue weighted by Crippen LogP contribution is -2.39. The van der Waals surface area contributed by atoms with E-state index in [1.165, 1.54) is 19.2 Å². The zero-order chi connectivity index (χ0) is 19.2. The van der Waals surface area contributed by atoms with Gasteiger partial charge in [-0.3, -0.25) is 14.9 Å². The Balaban J connectivity index is 3.37. The van der Waals surface area contributed by atoms with Crippen molar-refractivity contribution in [3.8, 4) is 0 Å². The lowest BCUT2D eigenvalue weighted by molar-refractivity contribution is -0.385. The predicted octanol–water partition coefficient (Wildman–Crippen LogP) is 2.50. The van der Waals surface area contributed by atoms with Crippen molar-refractivity contribution in [1.29, 1.82) is 0 Å². The third-order valence-electron chi connectivity index (χ3n) is 4.15. The fraction of sp³-hybridized carbons (Fsp3) is 0.562. The molecule has 0 spiro atoms. The number of hydrogen-bond acceptors (Lipinski definition) is 6. The van der Waals surface area contributed by atoms with Gasteiger partial charge in [0.1, 0.15) is 6.54 Å². The number of benzene rings is 1. The molecule has 0 heterocycles. The Morgan fingerprint density at radius 2 is 1.92 bits per heavy atom. The van der Waals surface area contributed by atoms with E-state index in [4.69, 9.17) is 0 Å². The molecule has 0 unspecified atom stereocenters. The molecule has 25 heavy (non-hydrogen) atoms. The van der Waals surface area contributed by atoms with Gasteiger partial charge >= 0.3 is 5.97 Å². The summed E-state index contributed by atoms with van der Waals surface area (Å²) < 4.78 is 31.7. The van der Waals surface area contributed by atoms with E-state index in [1.54, 1.807) is 6.92 Å². The van der Waals surface area contributed by atoms with Crippen LogP contribution in [0.25, 0.3) is 0 Å². The summed E-state index contributed by atoms with van der Waals surface area (Å²) in [4.78, 5) is 21.8. The van der Waals surface area contributed by atoms with Crippen LogP contribution < -0.4 is 0 Å². The van der Waals surface area contributed by atoms with Gasteiger partial charge in [-0.2, -0.15) is 4.31 Å². The lowest BCUT2D eigenvalue weighted by atomic mass is 10.0. The summed E-state index contributed by atoms with van der Waals surface area (Å²) >= 11 is 0. The van der Waals surface area contributed by atoms with Crippen LogP contribution >= 0.6 is 0 Å². The predicted molar refractivity (Wildman–Crippen MR) is 92.7 cm³/mol. The van der Waals surface area contributed by atoms with Crippen molar-refractivity contribution in [2.45, 2.75) is 38.5 Å². The highest BCUT2D eigenvalue weighted by Crippen LogP contribution is 2.26.